The lowest BCUT2D eigenvalue weighted by Gasteiger charge is -2.30. The van der Waals surface area contributed by atoms with E-state index in [2.05, 4.69) is 6.92 Å². The zero-order valence-corrected chi connectivity index (χ0v) is 15.8. The Bertz CT molecular complexity index is 378. The number of unbranched alkanes of at least 4 members (excludes halogenated alkanes) is 3. The molecule has 146 valence electrons. The number of hydrogen-bond donors (Lipinski definition) is 2. The number of carbonyl (C=O) groups excluding carboxylic acids is 2. The van der Waals surface area contributed by atoms with E-state index in [1.165, 1.54) is 0 Å². The van der Waals surface area contributed by atoms with E-state index in [0.29, 0.717) is 12.8 Å². The Morgan fingerprint density at radius 1 is 1.16 bits per heavy atom. The van der Waals surface area contributed by atoms with Gasteiger partial charge in [0.2, 0.25) is 0 Å². The van der Waals surface area contributed by atoms with Crippen LogP contribution in [0, 0.1) is 12.8 Å². The summed E-state index contributed by atoms with van der Waals surface area (Å²) < 4.78 is 10.5. The average molecular weight is 358 g/mol. The molecule has 0 saturated carbocycles. The zero-order valence-electron chi connectivity index (χ0n) is 15.8. The van der Waals surface area contributed by atoms with Gasteiger partial charge < -0.3 is 19.7 Å². The van der Waals surface area contributed by atoms with Crippen LogP contribution in [0.15, 0.2) is 0 Å². The molecular formula is C19H34O6. The summed E-state index contributed by atoms with van der Waals surface area (Å²) in [6.07, 6.45) is 4.36. The van der Waals surface area contributed by atoms with Gasteiger partial charge in [-0.3, -0.25) is 9.59 Å². The third-order valence-electron chi connectivity index (χ3n) is 4.29. The van der Waals surface area contributed by atoms with Gasteiger partial charge in [0.25, 0.3) is 0 Å². The molecule has 0 spiro atoms. The van der Waals surface area contributed by atoms with Crippen molar-refractivity contribution in [1.82, 2.24) is 0 Å². The minimum Gasteiger partial charge on any atom is -0.461 e. The molecule has 6 nitrogen and oxygen atoms in total. The number of hydrogen-bond acceptors (Lipinski definition) is 6. The van der Waals surface area contributed by atoms with Gasteiger partial charge in [0.05, 0.1) is 25.0 Å². The molecule has 0 heterocycles. The van der Waals surface area contributed by atoms with Gasteiger partial charge >= 0.3 is 11.9 Å². The van der Waals surface area contributed by atoms with Gasteiger partial charge in [-0.2, -0.15) is 0 Å². The molecule has 2 N–H and O–H groups in total. The molecule has 0 aromatic carbocycles. The second-order valence-electron chi connectivity index (χ2n) is 6.50. The topological polar surface area (TPSA) is 93.1 Å². The maximum Gasteiger partial charge on any atom is 0.309 e. The summed E-state index contributed by atoms with van der Waals surface area (Å²) >= 11 is 0. The van der Waals surface area contributed by atoms with Crippen LogP contribution in [0.1, 0.15) is 72.1 Å². The highest BCUT2D eigenvalue weighted by Gasteiger charge is 2.34. The second kappa shape index (κ2) is 13.1. The third kappa shape index (κ3) is 9.80. The molecular weight excluding hydrogens is 324 g/mol. The van der Waals surface area contributed by atoms with Crippen LogP contribution in [0.3, 0.4) is 0 Å². The Kier molecular flexibility index (Phi) is 12.5. The van der Waals surface area contributed by atoms with Crippen LogP contribution in [-0.2, 0) is 19.1 Å². The summed E-state index contributed by atoms with van der Waals surface area (Å²) in [6, 6.07) is 0. The van der Waals surface area contributed by atoms with E-state index in [1.54, 1.807) is 13.8 Å². The third-order valence-corrected chi connectivity index (χ3v) is 4.29. The first-order valence-electron chi connectivity index (χ1n) is 9.27. The van der Waals surface area contributed by atoms with Gasteiger partial charge in [0.15, 0.2) is 5.60 Å². The van der Waals surface area contributed by atoms with Crippen molar-refractivity contribution in [2.24, 2.45) is 5.92 Å². The predicted octanol–water partition coefficient (Wildman–Crippen LogP) is 2.67. The van der Waals surface area contributed by atoms with E-state index in [4.69, 9.17) is 16.4 Å². The van der Waals surface area contributed by atoms with Gasteiger partial charge in [-0.1, -0.05) is 46.5 Å². The smallest absolute Gasteiger partial charge is 0.309 e. The first-order chi connectivity index (χ1) is 11.8. The van der Waals surface area contributed by atoms with E-state index in [0.717, 1.165) is 25.7 Å². The van der Waals surface area contributed by atoms with Crippen LogP contribution < -0.4 is 0 Å². The molecule has 0 aliphatic heterocycles. The van der Waals surface area contributed by atoms with E-state index in [1.807, 2.05) is 0 Å². The number of ether oxygens (including phenoxy) is 2. The summed E-state index contributed by atoms with van der Waals surface area (Å²) in [5, 5.41) is 19.1. The zero-order chi connectivity index (χ0) is 19.3. The molecule has 25 heavy (non-hydrogen) atoms. The Morgan fingerprint density at radius 3 is 2.36 bits per heavy atom. The fourth-order valence-electron chi connectivity index (χ4n) is 2.23. The lowest BCUT2D eigenvalue weighted by atomic mass is 10.0. The van der Waals surface area contributed by atoms with Gasteiger partial charge in [-0.15, -0.1) is 0 Å². The van der Waals surface area contributed by atoms with Crippen LogP contribution in [0.2, 0.25) is 0 Å². The van der Waals surface area contributed by atoms with E-state index in [9.17, 15) is 19.8 Å². The minimum absolute atomic E-state index is 0.164. The molecule has 0 rings (SSSR count). The molecule has 6 heteroatoms. The van der Waals surface area contributed by atoms with Gasteiger partial charge in [-0.25, -0.2) is 0 Å². The number of aliphatic hydroxyl groups excluding tert-OH is 2. The van der Waals surface area contributed by atoms with E-state index < -0.39 is 36.2 Å². The highest BCUT2D eigenvalue weighted by molar-refractivity contribution is 5.73. The molecule has 0 amide bonds. The first kappa shape index (κ1) is 23.9. The molecule has 0 saturated heterocycles. The molecule has 0 aliphatic rings. The van der Waals surface area contributed by atoms with Crippen LogP contribution in [0.5, 0.6) is 0 Å². The summed E-state index contributed by atoms with van der Waals surface area (Å²) in [4.78, 5) is 23.9. The van der Waals surface area contributed by atoms with Crippen molar-refractivity contribution in [3.8, 4) is 0 Å². The summed E-state index contributed by atoms with van der Waals surface area (Å²) in [5.74, 6) is -1.92. The maximum atomic E-state index is 12.0. The molecule has 0 aromatic heterocycles. The van der Waals surface area contributed by atoms with Crippen LogP contribution in [0.4, 0.5) is 0 Å². The SMILES string of the molecule is [CH]C(CCCCCC)C(=O)OCC(CC)(CO)OC(=O)CC(O)CC. The molecule has 3 atom stereocenters. The van der Waals surface area contributed by atoms with Gasteiger partial charge in [0.1, 0.15) is 6.61 Å². The largest absolute Gasteiger partial charge is 0.461 e. The summed E-state index contributed by atoms with van der Waals surface area (Å²) in [7, 11) is 0. The highest BCUT2D eigenvalue weighted by atomic mass is 16.6. The van der Waals surface area contributed by atoms with Gasteiger partial charge in [0, 0.05) is 0 Å². The molecule has 2 radical (unpaired) electrons. The Hall–Kier alpha value is -1.14. The quantitative estimate of drug-likeness (QED) is 0.366. The molecule has 0 aromatic rings. The Balaban J connectivity index is 4.49. The highest BCUT2D eigenvalue weighted by Crippen LogP contribution is 2.20. The first-order valence-corrected chi connectivity index (χ1v) is 9.27. The van der Waals surface area contributed by atoms with Crippen LogP contribution in [0.25, 0.3) is 0 Å². The summed E-state index contributed by atoms with van der Waals surface area (Å²) in [5.41, 5.74) is -1.30. The van der Waals surface area contributed by atoms with Crippen molar-refractivity contribution in [3.05, 3.63) is 6.92 Å². The van der Waals surface area contributed by atoms with Crippen molar-refractivity contribution in [2.75, 3.05) is 13.2 Å². The van der Waals surface area contributed by atoms with Crippen molar-refractivity contribution in [3.63, 3.8) is 0 Å². The van der Waals surface area contributed by atoms with Crippen LogP contribution >= 0.6 is 0 Å². The number of esters is 2. The minimum atomic E-state index is -1.30. The lowest BCUT2D eigenvalue weighted by molar-refractivity contribution is -0.181. The van der Waals surface area contributed by atoms with Gasteiger partial charge in [-0.05, 0) is 26.2 Å². The Labute approximate surface area is 151 Å². The lowest BCUT2D eigenvalue weighted by Crippen LogP contribution is -2.44. The monoisotopic (exact) mass is 358 g/mol. The van der Waals surface area contributed by atoms with Crippen LogP contribution in [-0.4, -0.2) is 47.1 Å². The van der Waals surface area contributed by atoms with Crippen molar-refractivity contribution in [1.29, 1.82) is 0 Å². The standard InChI is InChI=1S/C19H34O6/c1-5-8-9-10-11-15(4)18(23)24-14-19(7-3,13-20)25-17(22)12-16(21)6-2/h4,15-16,20-21H,5-14H2,1-3H3. The number of aliphatic hydroxyl groups is 2. The average Bonchev–Trinajstić information content (AvgIpc) is 2.61. The predicted molar refractivity (Wildman–Crippen MR) is 94.6 cm³/mol. The maximum absolute atomic E-state index is 12.0. The normalized spacial score (nSPS) is 15.9. The Morgan fingerprint density at radius 2 is 1.84 bits per heavy atom. The number of rotatable bonds is 14. The summed E-state index contributed by atoms with van der Waals surface area (Å²) in [6.45, 7) is 10.7. The molecule has 0 aliphatic carbocycles. The fraction of sp³-hybridized carbons (Fsp3) is 0.842. The van der Waals surface area contributed by atoms with E-state index in [-0.39, 0.29) is 19.4 Å². The molecule has 3 unspecified atom stereocenters. The van der Waals surface area contributed by atoms with Crippen molar-refractivity contribution >= 4 is 11.9 Å². The van der Waals surface area contributed by atoms with Crippen molar-refractivity contribution < 1.29 is 29.3 Å². The number of carbonyl (C=O) groups is 2. The fourth-order valence-corrected chi connectivity index (χ4v) is 2.23. The molecule has 0 fully saturated rings. The second-order valence-corrected chi connectivity index (χ2v) is 6.50. The van der Waals surface area contributed by atoms with Crippen molar-refractivity contribution in [2.45, 2.75) is 83.8 Å². The van der Waals surface area contributed by atoms with E-state index >= 15 is 0 Å². The molecule has 0 bridgehead atoms.